The van der Waals surface area contributed by atoms with Crippen LogP contribution in [0.2, 0.25) is 0 Å². The van der Waals surface area contributed by atoms with Gasteiger partial charge in [-0.05, 0) is 58.5 Å². The molecule has 2 saturated heterocycles. The fourth-order valence-electron chi connectivity index (χ4n) is 3.86. The van der Waals surface area contributed by atoms with Gasteiger partial charge in [-0.15, -0.1) is 0 Å². The van der Waals surface area contributed by atoms with E-state index in [4.69, 9.17) is 0 Å². The summed E-state index contributed by atoms with van der Waals surface area (Å²) >= 11 is 0. The van der Waals surface area contributed by atoms with Gasteiger partial charge in [-0.1, -0.05) is 0 Å². The van der Waals surface area contributed by atoms with Gasteiger partial charge < -0.3 is 9.88 Å². The van der Waals surface area contributed by atoms with Gasteiger partial charge in [-0.3, -0.25) is 14.5 Å². The molecule has 3 heterocycles. The van der Waals surface area contributed by atoms with E-state index >= 15 is 0 Å². The molecule has 0 radical (unpaired) electrons. The lowest BCUT2D eigenvalue weighted by atomic mass is 9.92. The largest absolute Gasteiger partial charge is 0.343 e. The molecule has 1 aromatic rings. The summed E-state index contributed by atoms with van der Waals surface area (Å²) in [5.74, 6) is 1.57. The van der Waals surface area contributed by atoms with Crippen LogP contribution in [0.3, 0.4) is 0 Å². The quantitative estimate of drug-likeness (QED) is 0.914. The Bertz CT molecular complexity index is 628. The molecular formula is C18H28N4O2. The van der Waals surface area contributed by atoms with E-state index in [0.717, 1.165) is 63.4 Å². The van der Waals surface area contributed by atoms with Crippen LogP contribution in [0.1, 0.15) is 56.6 Å². The first-order valence-electron chi connectivity index (χ1n) is 9.12. The number of nitrogens with one attached hydrogen (secondary N) is 1. The molecule has 0 saturated carbocycles. The maximum absolute atomic E-state index is 12.3. The highest BCUT2D eigenvalue weighted by atomic mass is 16.2. The second-order valence-corrected chi connectivity index (χ2v) is 7.22. The van der Waals surface area contributed by atoms with Crippen molar-refractivity contribution in [2.75, 3.05) is 26.2 Å². The lowest BCUT2D eigenvalue weighted by Crippen LogP contribution is -2.38. The van der Waals surface area contributed by atoms with Crippen molar-refractivity contribution in [3.8, 4) is 0 Å². The first-order chi connectivity index (χ1) is 11.5. The van der Waals surface area contributed by atoms with Crippen molar-refractivity contribution >= 4 is 5.91 Å². The molecule has 2 aliphatic rings. The summed E-state index contributed by atoms with van der Waals surface area (Å²) in [4.78, 5) is 35.6. The standard InChI is InChI=1S/C18H28N4O2/c1-13-11-16(23)20-18(19-13)14(2)21-9-5-15(6-10-21)12-17(24)22-7-3-4-8-22/h11,14-15H,3-10,12H2,1-2H3,(H,19,20,23)/t14-/m1/s1. The van der Waals surface area contributed by atoms with Crippen molar-refractivity contribution < 1.29 is 4.79 Å². The van der Waals surface area contributed by atoms with Crippen molar-refractivity contribution in [1.82, 2.24) is 19.8 Å². The number of amides is 1. The number of aryl methyl sites for hydroxylation is 1. The third-order valence-electron chi connectivity index (χ3n) is 5.40. The van der Waals surface area contributed by atoms with Crippen LogP contribution in [-0.4, -0.2) is 51.9 Å². The van der Waals surface area contributed by atoms with Gasteiger partial charge >= 0.3 is 0 Å². The Morgan fingerprint density at radius 3 is 2.58 bits per heavy atom. The third-order valence-corrected chi connectivity index (χ3v) is 5.40. The van der Waals surface area contributed by atoms with Crippen LogP contribution in [0, 0.1) is 12.8 Å². The van der Waals surface area contributed by atoms with Gasteiger partial charge in [0.15, 0.2) is 0 Å². The van der Waals surface area contributed by atoms with E-state index in [9.17, 15) is 9.59 Å². The summed E-state index contributed by atoms with van der Waals surface area (Å²) in [6.45, 7) is 7.74. The monoisotopic (exact) mass is 332 g/mol. The van der Waals surface area contributed by atoms with Crippen molar-refractivity contribution in [3.05, 3.63) is 27.9 Å². The number of rotatable bonds is 4. The third kappa shape index (κ3) is 4.04. The number of piperidine rings is 1. The molecule has 0 unspecified atom stereocenters. The molecular weight excluding hydrogens is 304 g/mol. The summed E-state index contributed by atoms with van der Waals surface area (Å²) in [5, 5.41) is 0. The Morgan fingerprint density at radius 1 is 1.29 bits per heavy atom. The second-order valence-electron chi connectivity index (χ2n) is 7.22. The Balaban J connectivity index is 1.52. The summed E-state index contributed by atoms with van der Waals surface area (Å²) in [7, 11) is 0. The fourth-order valence-corrected chi connectivity index (χ4v) is 3.86. The van der Waals surface area contributed by atoms with Crippen LogP contribution in [0.5, 0.6) is 0 Å². The van der Waals surface area contributed by atoms with Crippen molar-refractivity contribution in [2.24, 2.45) is 5.92 Å². The van der Waals surface area contributed by atoms with Gasteiger partial charge in [-0.25, -0.2) is 4.98 Å². The number of H-pyrrole nitrogens is 1. The molecule has 0 aliphatic carbocycles. The minimum absolute atomic E-state index is 0.0876. The van der Waals surface area contributed by atoms with Crippen LogP contribution < -0.4 is 5.56 Å². The van der Waals surface area contributed by atoms with Crippen molar-refractivity contribution in [3.63, 3.8) is 0 Å². The zero-order valence-electron chi connectivity index (χ0n) is 14.8. The molecule has 3 rings (SSSR count). The molecule has 1 amide bonds. The highest BCUT2D eigenvalue weighted by molar-refractivity contribution is 5.76. The zero-order chi connectivity index (χ0) is 17.1. The molecule has 2 fully saturated rings. The Labute approximate surface area is 143 Å². The summed E-state index contributed by atoms with van der Waals surface area (Å²) in [6, 6.07) is 1.62. The SMILES string of the molecule is Cc1cc(=O)[nH]c([C@@H](C)N2CCC(CC(=O)N3CCCC3)CC2)n1. The summed E-state index contributed by atoms with van der Waals surface area (Å²) < 4.78 is 0. The molecule has 24 heavy (non-hydrogen) atoms. The first kappa shape index (κ1) is 17.1. The minimum Gasteiger partial charge on any atom is -0.343 e. The van der Waals surface area contributed by atoms with Gasteiger partial charge in [-0.2, -0.15) is 0 Å². The van der Waals surface area contributed by atoms with E-state index in [2.05, 4.69) is 21.8 Å². The number of aromatic amines is 1. The topological polar surface area (TPSA) is 69.3 Å². The van der Waals surface area contributed by atoms with E-state index in [-0.39, 0.29) is 11.6 Å². The van der Waals surface area contributed by atoms with E-state index in [0.29, 0.717) is 18.2 Å². The van der Waals surface area contributed by atoms with Gasteiger partial charge in [0.2, 0.25) is 5.91 Å². The molecule has 1 N–H and O–H groups in total. The van der Waals surface area contributed by atoms with E-state index in [1.165, 1.54) is 6.07 Å². The number of likely N-dealkylation sites (tertiary alicyclic amines) is 2. The maximum Gasteiger partial charge on any atom is 0.251 e. The minimum atomic E-state index is -0.0876. The van der Waals surface area contributed by atoms with Crippen molar-refractivity contribution in [1.29, 1.82) is 0 Å². The van der Waals surface area contributed by atoms with Crippen LogP contribution in [0.15, 0.2) is 10.9 Å². The summed E-state index contributed by atoms with van der Waals surface area (Å²) in [6.07, 6.45) is 5.09. The number of hydrogen-bond donors (Lipinski definition) is 1. The Hall–Kier alpha value is -1.69. The average molecular weight is 332 g/mol. The fraction of sp³-hybridized carbons (Fsp3) is 0.722. The lowest BCUT2D eigenvalue weighted by Gasteiger charge is -2.35. The second kappa shape index (κ2) is 7.47. The van der Waals surface area contributed by atoms with E-state index < -0.39 is 0 Å². The van der Waals surface area contributed by atoms with E-state index in [1.807, 2.05) is 11.8 Å². The molecule has 0 bridgehead atoms. The van der Waals surface area contributed by atoms with Crippen LogP contribution in [0.4, 0.5) is 0 Å². The van der Waals surface area contributed by atoms with Crippen molar-refractivity contribution in [2.45, 2.75) is 52.0 Å². The predicted octanol–water partition coefficient (Wildman–Crippen LogP) is 1.86. The number of aromatic nitrogens is 2. The molecule has 1 aromatic heterocycles. The predicted molar refractivity (Wildman–Crippen MR) is 92.7 cm³/mol. The molecule has 6 heteroatoms. The number of hydrogen-bond acceptors (Lipinski definition) is 4. The molecule has 0 aromatic carbocycles. The molecule has 2 aliphatic heterocycles. The van der Waals surface area contributed by atoms with Gasteiger partial charge in [0.25, 0.3) is 5.56 Å². The molecule has 0 spiro atoms. The van der Waals surface area contributed by atoms with E-state index in [1.54, 1.807) is 0 Å². The highest BCUT2D eigenvalue weighted by Crippen LogP contribution is 2.27. The molecule has 6 nitrogen and oxygen atoms in total. The zero-order valence-corrected chi connectivity index (χ0v) is 14.8. The normalized spacial score (nSPS) is 21.2. The number of carbonyl (C=O) groups excluding carboxylic acids is 1. The Morgan fingerprint density at radius 2 is 1.96 bits per heavy atom. The summed E-state index contributed by atoms with van der Waals surface area (Å²) in [5.41, 5.74) is 0.669. The van der Waals surface area contributed by atoms with Crippen LogP contribution >= 0.6 is 0 Å². The van der Waals surface area contributed by atoms with Gasteiger partial charge in [0.1, 0.15) is 5.82 Å². The van der Waals surface area contributed by atoms with Gasteiger partial charge in [0.05, 0.1) is 6.04 Å². The van der Waals surface area contributed by atoms with Crippen LogP contribution in [-0.2, 0) is 4.79 Å². The molecule has 1 atom stereocenters. The molecule has 132 valence electrons. The highest BCUT2D eigenvalue weighted by Gasteiger charge is 2.28. The average Bonchev–Trinajstić information content (AvgIpc) is 3.08. The number of carbonyl (C=O) groups is 1. The lowest BCUT2D eigenvalue weighted by molar-refractivity contribution is -0.131. The van der Waals surface area contributed by atoms with Crippen LogP contribution in [0.25, 0.3) is 0 Å². The first-order valence-corrected chi connectivity index (χ1v) is 9.12. The Kier molecular flexibility index (Phi) is 5.33. The smallest absolute Gasteiger partial charge is 0.251 e. The van der Waals surface area contributed by atoms with Gasteiger partial charge in [0, 0.05) is 31.3 Å². The number of nitrogens with zero attached hydrogens (tertiary/aromatic N) is 3. The maximum atomic E-state index is 12.3.